The quantitative estimate of drug-likeness (QED) is 0.286. The summed E-state index contributed by atoms with van der Waals surface area (Å²) >= 11 is 0. The van der Waals surface area contributed by atoms with Crippen molar-refractivity contribution >= 4 is 23.9 Å². The van der Waals surface area contributed by atoms with Crippen molar-refractivity contribution in [2.75, 3.05) is 25.0 Å². The molecule has 3 rings (SSSR count). The molecule has 0 aliphatic rings. The second-order valence-electron chi connectivity index (χ2n) is 7.18. The molecule has 2 amide bonds. The number of nitrogens with one attached hydrogen (secondary N) is 3. The molecule has 0 aliphatic heterocycles. The lowest BCUT2D eigenvalue weighted by atomic mass is 10.2. The van der Waals surface area contributed by atoms with Gasteiger partial charge in [-0.1, -0.05) is 30.3 Å². The highest BCUT2D eigenvalue weighted by Crippen LogP contribution is 2.12. The Labute approximate surface area is 201 Å². The highest BCUT2D eigenvalue weighted by Gasteiger charge is 2.22. The molecule has 1 atom stereocenters. The van der Waals surface area contributed by atoms with E-state index >= 15 is 0 Å². The van der Waals surface area contributed by atoms with E-state index in [2.05, 4.69) is 25.9 Å². The van der Waals surface area contributed by atoms with E-state index in [1.54, 1.807) is 67.0 Å². The van der Waals surface area contributed by atoms with Gasteiger partial charge < -0.3 is 30.5 Å². The number of aromatic nitrogens is 2. The summed E-state index contributed by atoms with van der Waals surface area (Å²) < 4.78 is 10.6. The molecular weight excluding hydrogens is 454 g/mol. The van der Waals surface area contributed by atoms with E-state index in [1.165, 1.54) is 0 Å². The molecule has 35 heavy (non-hydrogen) atoms. The molecule has 0 fully saturated rings. The average Bonchev–Trinajstić information content (AvgIpc) is 2.89. The van der Waals surface area contributed by atoms with Gasteiger partial charge >= 0.3 is 12.1 Å². The van der Waals surface area contributed by atoms with Crippen molar-refractivity contribution in [2.45, 2.75) is 12.6 Å². The van der Waals surface area contributed by atoms with Crippen LogP contribution in [0, 0.1) is 0 Å². The summed E-state index contributed by atoms with van der Waals surface area (Å²) in [6.07, 6.45) is 2.36. The number of aliphatic carboxylic acids is 1. The third-order valence-corrected chi connectivity index (χ3v) is 4.61. The number of ether oxygens (including phenoxy) is 2. The molecule has 11 nitrogen and oxygen atoms in total. The smallest absolute Gasteiger partial charge is 0.408 e. The van der Waals surface area contributed by atoms with Crippen LogP contribution in [0.4, 0.5) is 10.7 Å². The minimum Gasteiger partial charge on any atom is -0.492 e. The number of benzene rings is 2. The minimum atomic E-state index is -1.36. The number of alkyl carbamates (subject to hydrolysis) is 1. The molecule has 0 aliphatic carbocycles. The number of nitrogens with zero attached hydrogens (tertiary/aromatic N) is 2. The molecule has 2 aromatic carbocycles. The Hall–Kier alpha value is -4.67. The Kier molecular flexibility index (Phi) is 9.37. The monoisotopic (exact) mass is 479 g/mol. The van der Waals surface area contributed by atoms with Crippen LogP contribution >= 0.6 is 0 Å². The molecule has 0 bridgehead atoms. The molecule has 4 N–H and O–H groups in total. The maximum Gasteiger partial charge on any atom is 0.408 e. The second kappa shape index (κ2) is 13.1. The summed E-state index contributed by atoms with van der Waals surface area (Å²) in [5, 5.41) is 17.1. The first-order chi connectivity index (χ1) is 17.0. The molecule has 1 aromatic heterocycles. The van der Waals surface area contributed by atoms with Crippen LogP contribution in [0.3, 0.4) is 0 Å². The maximum atomic E-state index is 12.4. The first kappa shape index (κ1) is 25.0. The van der Waals surface area contributed by atoms with Crippen LogP contribution < -0.4 is 20.7 Å². The van der Waals surface area contributed by atoms with Gasteiger partial charge in [0, 0.05) is 24.5 Å². The molecule has 0 saturated carbocycles. The van der Waals surface area contributed by atoms with Crippen LogP contribution in [0.25, 0.3) is 0 Å². The van der Waals surface area contributed by atoms with Crippen molar-refractivity contribution in [3.05, 3.63) is 84.2 Å². The van der Waals surface area contributed by atoms with Crippen molar-refractivity contribution in [2.24, 2.45) is 0 Å². The molecule has 0 saturated heterocycles. The summed E-state index contributed by atoms with van der Waals surface area (Å²) in [5.74, 6) is -0.740. The van der Waals surface area contributed by atoms with E-state index in [0.29, 0.717) is 30.4 Å². The maximum absolute atomic E-state index is 12.4. The van der Waals surface area contributed by atoms with Crippen LogP contribution in [0.2, 0.25) is 0 Å². The zero-order chi connectivity index (χ0) is 24.9. The van der Waals surface area contributed by atoms with Crippen LogP contribution in [0.15, 0.2) is 73.1 Å². The lowest BCUT2D eigenvalue weighted by Gasteiger charge is -2.15. The Morgan fingerprint density at radius 3 is 2.34 bits per heavy atom. The van der Waals surface area contributed by atoms with Gasteiger partial charge in [0.05, 0.1) is 6.54 Å². The number of carbonyl (C=O) groups is 3. The number of hydrogen-bond acceptors (Lipinski definition) is 8. The molecule has 1 heterocycles. The summed E-state index contributed by atoms with van der Waals surface area (Å²) in [6, 6.07) is 15.7. The third kappa shape index (κ3) is 8.65. The van der Waals surface area contributed by atoms with Crippen LogP contribution in [-0.2, 0) is 16.1 Å². The first-order valence-electron chi connectivity index (χ1n) is 10.7. The topological polar surface area (TPSA) is 152 Å². The molecule has 11 heteroatoms. The fraction of sp³-hybridized carbons (Fsp3) is 0.208. The first-order valence-corrected chi connectivity index (χ1v) is 10.7. The summed E-state index contributed by atoms with van der Waals surface area (Å²) in [4.78, 5) is 43.9. The van der Waals surface area contributed by atoms with Crippen molar-refractivity contribution in [3.8, 4) is 5.75 Å². The molecule has 3 aromatic rings. The van der Waals surface area contributed by atoms with Gasteiger partial charge in [0.25, 0.3) is 5.91 Å². The van der Waals surface area contributed by atoms with Crippen LogP contribution in [-0.4, -0.2) is 58.8 Å². The zero-order valence-electron chi connectivity index (χ0n) is 18.7. The molecular formula is C24H25N5O6. The van der Waals surface area contributed by atoms with E-state index in [1.807, 2.05) is 6.07 Å². The zero-order valence-corrected chi connectivity index (χ0v) is 18.7. The standard InChI is InChI=1S/C24H25N5O6/c30-21(18-7-9-19(10-8-18)34-14-13-27-23-25-11-4-12-26-23)28-15-20(22(31)32)29-24(33)35-16-17-5-2-1-3-6-17/h1-12,20H,13-16H2,(H,28,30)(H,29,33)(H,31,32)(H,25,26,27)/t20-/m0/s1. The van der Waals surface area contributed by atoms with E-state index < -0.39 is 24.0 Å². The van der Waals surface area contributed by atoms with Gasteiger partial charge in [-0.25, -0.2) is 19.6 Å². The van der Waals surface area contributed by atoms with Gasteiger partial charge in [-0.2, -0.15) is 0 Å². The SMILES string of the molecule is O=C(N[C@@H](CNC(=O)c1ccc(OCCNc2ncccn2)cc1)C(=O)O)OCc1ccccc1. The lowest BCUT2D eigenvalue weighted by Crippen LogP contribution is -2.48. The number of rotatable bonds is 12. The van der Waals surface area contributed by atoms with Gasteiger partial charge in [0.15, 0.2) is 0 Å². The lowest BCUT2D eigenvalue weighted by molar-refractivity contribution is -0.139. The third-order valence-electron chi connectivity index (χ3n) is 4.61. The molecule has 0 spiro atoms. The normalized spacial score (nSPS) is 11.1. The van der Waals surface area contributed by atoms with E-state index in [9.17, 15) is 19.5 Å². The summed E-state index contributed by atoms with van der Waals surface area (Å²) in [7, 11) is 0. The van der Waals surface area contributed by atoms with Crippen molar-refractivity contribution < 1.29 is 29.0 Å². The van der Waals surface area contributed by atoms with Crippen LogP contribution in [0.5, 0.6) is 5.75 Å². The number of hydrogen-bond donors (Lipinski definition) is 4. The predicted molar refractivity (Wildman–Crippen MR) is 126 cm³/mol. The van der Waals surface area contributed by atoms with Crippen molar-refractivity contribution in [3.63, 3.8) is 0 Å². The number of carboxylic acid groups (broad SMARTS) is 1. The number of amides is 2. The van der Waals surface area contributed by atoms with E-state index in [0.717, 1.165) is 5.56 Å². The van der Waals surface area contributed by atoms with Gasteiger partial charge in [-0.05, 0) is 35.9 Å². The number of carbonyl (C=O) groups excluding carboxylic acids is 2. The Bertz CT molecular complexity index is 1100. The van der Waals surface area contributed by atoms with Crippen molar-refractivity contribution in [1.29, 1.82) is 0 Å². The molecule has 0 radical (unpaired) electrons. The fourth-order valence-electron chi connectivity index (χ4n) is 2.83. The second-order valence-corrected chi connectivity index (χ2v) is 7.18. The Morgan fingerprint density at radius 1 is 0.943 bits per heavy atom. The average molecular weight is 479 g/mol. The molecule has 0 unspecified atom stereocenters. The fourth-order valence-corrected chi connectivity index (χ4v) is 2.83. The van der Waals surface area contributed by atoms with E-state index in [4.69, 9.17) is 9.47 Å². The number of carboxylic acids is 1. The highest BCUT2D eigenvalue weighted by molar-refractivity contribution is 5.94. The van der Waals surface area contributed by atoms with Gasteiger partial charge in [-0.15, -0.1) is 0 Å². The van der Waals surface area contributed by atoms with E-state index in [-0.39, 0.29) is 13.2 Å². The van der Waals surface area contributed by atoms with Gasteiger partial charge in [0.2, 0.25) is 5.95 Å². The largest absolute Gasteiger partial charge is 0.492 e. The van der Waals surface area contributed by atoms with Crippen LogP contribution in [0.1, 0.15) is 15.9 Å². The van der Waals surface area contributed by atoms with Gasteiger partial charge in [-0.3, -0.25) is 4.79 Å². The highest BCUT2D eigenvalue weighted by atomic mass is 16.5. The predicted octanol–water partition coefficient (Wildman–Crippen LogP) is 2.08. The van der Waals surface area contributed by atoms with Gasteiger partial charge in [0.1, 0.15) is 25.0 Å². The Morgan fingerprint density at radius 2 is 1.66 bits per heavy atom. The molecule has 182 valence electrons. The number of anilines is 1. The summed E-state index contributed by atoms with van der Waals surface area (Å²) in [6.45, 7) is 0.524. The summed E-state index contributed by atoms with van der Waals surface area (Å²) in [5.41, 5.74) is 1.07. The minimum absolute atomic E-state index is 0.00408. The van der Waals surface area contributed by atoms with Crippen molar-refractivity contribution in [1.82, 2.24) is 20.6 Å². The Balaban J connectivity index is 1.40.